The Morgan fingerprint density at radius 1 is 1.37 bits per heavy atom. The lowest BCUT2D eigenvalue weighted by molar-refractivity contribution is 0.143. The molecule has 2 rings (SSSR count). The van der Waals surface area contributed by atoms with E-state index >= 15 is 0 Å². The van der Waals surface area contributed by atoms with Crippen LogP contribution in [0.1, 0.15) is 63.1 Å². The largest absolute Gasteiger partial charge is 0.313 e. The topological polar surface area (TPSA) is 24.9 Å². The third-order valence-electron chi connectivity index (χ3n) is 4.52. The van der Waals surface area contributed by atoms with Gasteiger partial charge >= 0.3 is 0 Å². The lowest BCUT2D eigenvalue weighted by Crippen LogP contribution is -2.46. The monoisotopic (exact) mass is 280 g/mol. The van der Waals surface area contributed by atoms with Crippen LogP contribution in [0.5, 0.6) is 0 Å². The third kappa shape index (κ3) is 4.03. The second-order valence-electron chi connectivity index (χ2n) is 6.31. The molecular weight excluding hydrogens is 252 g/mol. The van der Waals surface area contributed by atoms with Crippen molar-refractivity contribution in [2.24, 2.45) is 5.41 Å². The van der Waals surface area contributed by atoms with Crippen LogP contribution in [-0.4, -0.2) is 17.6 Å². The first-order valence-electron chi connectivity index (χ1n) is 7.78. The Kier molecular flexibility index (Phi) is 5.40. The van der Waals surface area contributed by atoms with E-state index in [1.807, 2.05) is 11.3 Å². The minimum atomic E-state index is 0.465. The lowest BCUT2D eigenvalue weighted by atomic mass is 9.69. The van der Waals surface area contributed by atoms with Gasteiger partial charge in [0.2, 0.25) is 0 Å². The molecule has 1 aromatic rings. The smallest absolute Gasteiger partial charge is 0.0943 e. The van der Waals surface area contributed by atoms with Gasteiger partial charge in [-0.25, -0.2) is 4.98 Å². The summed E-state index contributed by atoms with van der Waals surface area (Å²) in [5, 5.41) is 7.28. The predicted octanol–water partition coefficient (Wildman–Crippen LogP) is 4.33. The van der Waals surface area contributed by atoms with Gasteiger partial charge in [-0.1, -0.05) is 33.1 Å². The number of rotatable bonds is 6. The molecule has 0 saturated heterocycles. The van der Waals surface area contributed by atoms with Gasteiger partial charge in [-0.15, -0.1) is 11.3 Å². The Morgan fingerprint density at radius 2 is 2.11 bits per heavy atom. The van der Waals surface area contributed by atoms with E-state index in [-0.39, 0.29) is 0 Å². The van der Waals surface area contributed by atoms with E-state index in [1.165, 1.54) is 49.2 Å². The average molecular weight is 280 g/mol. The summed E-state index contributed by atoms with van der Waals surface area (Å²) in [6.07, 6.45) is 9.29. The molecule has 1 heterocycles. The minimum Gasteiger partial charge on any atom is -0.313 e. The Hall–Kier alpha value is -0.410. The maximum Gasteiger partial charge on any atom is 0.0943 e. The SMILES string of the molecule is CCCNC(Cc1nc(C)cs1)C1(C)CCCCC1. The second-order valence-corrected chi connectivity index (χ2v) is 7.25. The molecule has 1 aliphatic carbocycles. The fourth-order valence-electron chi connectivity index (χ4n) is 3.26. The maximum atomic E-state index is 4.66. The number of aryl methyl sites for hydroxylation is 1. The van der Waals surface area contributed by atoms with Crippen LogP contribution in [0.3, 0.4) is 0 Å². The van der Waals surface area contributed by atoms with Crippen molar-refractivity contribution in [1.82, 2.24) is 10.3 Å². The van der Waals surface area contributed by atoms with Crippen LogP contribution in [0.25, 0.3) is 0 Å². The summed E-state index contributed by atoms with van der Waals surface area (Å²) in [6.45, 7) is 7.96. The molecule has 1 aliphatic rings. The number of hydrogen-bond acceptors (Lipinski definition) is 3. The van der Waals surface area contributed by atoms with Crippen LogP contribution < -0.4 is 5.32 Å². The van der Waals surface area contributed by atoms with Crippen molar-refractivity contribution in [1.29, 1.82) is 0 Å². The van der Waals surface area contributed by atoms with Gasteiger partial charge in [-0.05, 0) is 38.1 Å². The van der Waals surface area contributed by atoms with Crippen molar-refractivity contribution in [3.8, 4) is 0 Å². The summed E-state index contributed by atoms with van der Waals surface area (Å²) >= 11 is 1.82. The van der Waals surface area contributed by atoms with E-state index in [9.17, 15) is 0 Å². The number of nitrogens with one attached hydrogen (secondary N) is 1. The Bertz CT molecular complexity index is 380. The number of nitrogens with zero attached hydrogens (tertiary/aromatic N) is 1. The van der Waals surface area contributed by atoms with Crippen LogP contribution in [0.2, 0.25) is 0 Å². The van der Waals surface area contributed by atoms with Gasteiger partial charge in [0.05, 0.1) is 5.01 Å². The van der Waals surface area contributed by atoms with Crippen molar-refractivity contribution >= 4 is 11.3 Å². The molecule has 1 atom stereocenters. The molecule has 0 bridgehead atoms. The highest BCUT2D eigenvalue weighted by atomic mass is 32.1. The molecule has 0 radical (unpaired) electrons. The third-order valence-corrected chi connectivity index (χ3v) is 5.51. The molecule has 0 spiro atoms. The molecule has 3 heteroatoms. The van der Waals surface area contributed by atoms with Gasteiger partial charge in [-0.2, -0.15) is 0 Å². The molecule has 0 aliphatic heterocycles. The first-order chi connectivity index (χ1) is 9.14. The number of thiazole rings is 1. The van der Waals surface area contributed by atoms with Gasteiger partial charge in [0.25, 0.3) is 0 Å². The van der Waals surface area contributed by atoms with Crippen LogP contribution >= 0.6 is 11.3 Å². The Labute approximate surface area is 122 Å². The van der Waals surface area contributed by atoms with Crippen LogP contribution in [0, 0.1) is 12.3 Å². The predicted molar refractivity (Wildman–Crippen MR) is 83.8 cm³/mol. The zero-order chi connectivity index (χ0) is 13.7. The normalized spacial score (nSPS) is 20.4. The summed E-state index contributed by atoms with van der Waals surface area (Å²) in [5.74, 6) is 0. The highest BCUT2D eigenvalue weighted by Crippen LogP contribution is 2.40. The van der Waals surface area contributed by atoms with E-state index < -0.39 is 0 Å². The first-order valence-corrected chi connectivity index (χ1v) is 8.66. The maximum absolute atomic E-state index is 4.66. The van der Waals surface area contributed by atoms with Gasteiger partial charge in [0, 0.05) is 23.5 Å². The molecule has 108 valence electrons. The van der Waals surface area contributed by atoms with Gasteiger partial charge < -0.3 is 5.32 Å². The molecule has 19 heavy (non-hydrogen) atoms. The summed E-state index contributed by atoms with van der Waals surface area (Å²) < 4.78 is 0. The van der Waals surface area contributed by atoms with Crippen molar-refractivity contribution in [2.75, 3.05) is 6.54 Å². The highest BCUT2D eigenvalue weighted by Gasteiger charge is 2.35. The number of hydrogen-bond donors (Lipinski definition) is 1. The van der Waals surface area contributed by atoms with E-state index in [0.29, 0.717) is 11.5 Å². The van der Waals surface area contributed by atoms with E-state index in [2.05, 4.69) is 36.5 Å². The fourth-order valence-corrected chi connectivity index (χ4v) is 4.08. The second kappa shape index (κ2) is 6.85. The standard InChI is InChI=1S/C16H28N2S/c1-4-10-17-14(11-15-18-13(2)12-19-15)16(3)8-6-5-7-9-16/h12,14,17H,4-11H2,1-3H3. The van der Waals surface area contributed by atoms with Crippen LogP contribution in [0.15, 0.2) is 5.38 Å². The molecule has 0 aromatic carbocycles. The van der Waals surface area contributed by atoms with Crippen molar-refractivity contribution in [2.45, 2.75) is 71.8 Å². The molecule has 1 N–H and O–H groups in total. The minimum absolute atomic E-state index is 0.465. The molecule has 1 unspecified atom stereocenters. The Morgan fingerprint density at radius 3 is 2.68 bits per heavy atom. The molecule has 1 fully saturated rings. The fraction of sp³-hybridized carbons (Fsp3) is 0.812. The lowest BCUT2D eigenvalue weighted by Gasteiger charge is -2.41. The average Bonchev–Trinajstić information content (AvgIpc) is 2.81. The van der Waals surface area contributed by atoms with E-state index in [0.717, 1.165) is 13.0 Å². The van der Waals surface area contributed by atoms with Crippen LogP contribution in [0.4, 0.5) is 0 Å². The molecule has 1 aromatic heterocycles. The zero-order valence-corrected chi connectivity index (χ0v) is 13.5. The zero-order valence-electron chi connectivity index (χ0n) is 12.7. The molecular formula is C16H28N2S. The summed E-state index contributed by atoms with van der Waals surface area (Å²) in [4.78, 5) is 4.66. The van der Waals surface area contributed by atoms with Crippen LogP contribution in [-0.2, 0) is 6.42 Å². The summed E-state index contributed by atoms with van der Waals surface area (Å²) in [7, 11) is 0. The molecule has 0 amide bonds. The quantitative estimate of drug-likeness (QED) is 0.839. The first kappa shape index (κ1) is 15.0. The molecule has 1 saturated carbocycles. The highest BCUT2D eigenvalue weighted by molar-refractivity contribution is 7.09. The van der Waals surface area contributed by atoms with Gasteiger partial charge in [0.1, 0.15) is 0 Å². The Balaban J connectivity index is 2.05. The van der Waals surface area contributed by atoms with Crippen molar-refractivity contribution in [3.05, 3.63) is 16.1 Å². The van der Waals surface area contributed by atoms with Crippen molar-refractivity contribution in [3.63, 3.8) is 0 Å². The van der Waals surface area contributed by atoms with Gasteiger partial charge in [-0.3, -0.25) is 0 Å². The molecule has 2 nitrogen and oxygen atoms in total. The van der Waals surface area contributed by atoms with Gasteiger partial charge in [0.15, 0.2) is 0 Å². The number of aromatic nitrogens is 1. The summed E-state index contributed by atoms with van der Waals surface area (Å²) in [6, 6.07) is 0.596. The van der Waals surface area contributed by atoms with Crippen molar-refractivity contribution < 1.29 is 0 Å². The van der Waals surface area contributed by atoms with E-state index in [1.54, 1.807) is 0 Å². The van der Waals surface area contributed by atoms with E-state index in [4.69, 9.17) is 0 Å². The summed E-state index contributed by atoms with van der Waals surface area (Å²) in [5.41, 5.74) is 1.63.